The van der Waals surface area contributed by atoms with Gasteiger partial charge in [-0.1, -0.05) is 38.0 Å². The molecule has 2 heterocycles. The van der Waals surface area contributed by atoms with E-state index in [2.05, 4.69) is 34.2 Å². The standard InChI is InChI=1S/C26H32N4O2/c1-3-4-7-14-27-26(31)23-19-25(28-24-9-6-5-8-22(23)24)30-17-15-29(16-18-30)20-10-12-21(32-2)13-11-20/h5-6,8-13,19H,3-4,7,14-18H2,1-2H3,(H,27,31). The summed E-state index contributed by atoms with van der Waals surface area (Å²) in [5.41, 5.74) is 2.77. The third-order valence-electron chi connectivity index (χ3n) is 6.05. The Balaban J connectivity index is 1.50. The number of ether oxygens (including phenoxy) is 1. The van der Waals surface area contributed by atoms with Crippen LogP contribution in [0.15, 0.2) is 54.6 Å². The van der Waals surface area contributed by atoms with Gasteiger partial charge in [-0.2, -0.15) is 0 Å². The summed E-state index contributed by atoms with van der Waals surface area (Å²) >= 11 is 0. The molecule has 0 unspecified atom stereocenters. The van der Waals surface area contributed by atoms with E-state index in [9.17, 15) is 4.79 Å². The highest BCUT2D eigenvalue weighted by Crippen LogP contribution is 2.26. The van der Waals surface area contributed by atoms with E-state index >= 15 is 0 Å². The Bertz CT molecular complexity index is 1040. The molecule has 168 valence electrons. The van der Waals surface area contributed by atoms with E-state index in [1.54, 1.807) is 7.11 Å². The number of rotatable bonds is 8. The molecule has 0 radical (unpaired) electrons. The highest BCUT2D eigenvalue weighted by molar-refractivity contribution is 6.07. The van der Waals surface area contributed by atoms with Crippen molar-refractivity contribution in [3.8, 4) is 5.75 Å². The summed E-state index contributed by atoms with van der Waals surface area (Å²) in [6.07, 6.45) is 3.27. The SMILES string of the molecule is CCCCCNC(=O)c1cc(N2CCN(c3ccc(OC)cc3)CC2)nc2ccccc12. The molecule has 0 bridgehead atoms. The van der Waals surface area contributed by atoms with Gasteiger partial charge in [-0.15, -0.1) is 0 Å². The first kappa shape index (κ1) is 21.9. The topological polar surface area (TPSA) is 57.7 Å². The quantitative estimate of drug-likeness (QED) is 0.532. The zero-order chi connectivity index (χ0) is 22.3. The van der Waals surface area contributed by atoms with Crippen LogP contribution in [0.25, 0.3) is 10.9 Å². The fourth-order valence-electron chi connectivity index (χ4n) is 4.17. The Morgan fingerprint density at radius 3 is 2.44 bits per heavy atom. The number of hydrogen-bond donors (Lipinski definition) is 1. The third kappa shape index (κ3) is 4.96. The normalized spacial score (nSPS) is 13.9. The lowest BCUT2D eigenvalue weighted by Crippen LogP contribution is -2.47. The van der Waals surface area contributed by atoms with Crippen molar-refractivity contribution >= 4 is 28.3 Å². The minimum Gasteiger partial charge on any atom is -0.497 e. The van der Waals surface area contributed by atoms with Crippen molar-refractivity contribution in [1.82, 2.24) is 10.3 Å². The lowest BCUT2D eigenvalue weighted by Gasteiger charge is -2.37. The lowest BCUT2D eigenvalue weighted by molar-refractivity contribution is 0.0954. The van der Waals surface area contributed by atoms with Crippen LogP contribution < -0.4 is 19.9 Å². The number of aromatic nitrogens is 1. The van der Waals surface area contributed by atoms with Gasteiger partial charge in [0.15, 0.2) is 0 Å². The van der Waals surface area contributed by atoms with Gasteiger partial charge in [-0.25, -0.2) is 4.98 Å². The molecular formula is C26H32N4O2. The highest BCUT2D eigenvalue weighted by atomic mass is 16.5. The first-order valence-electron chi connectivity index (χ1n) is 11.5. The number of methoxy groups -OCH3 is 1. The Morgan fingerprint density at radius 1 is 1.00 bits per heavy atom. The van der Waals surface area contributed by atoms with Crippen LogP contribution in [0, 0.1) is 0 Å². The van der Waals surface area contributed by atoms with Crippen molar-refractivity contribution in [2.24, 2.45) is 0 Å². The molecular weight excluding hydrogens is 400 g/mol. The second-order valence-electron chi connectivity index (χ2n) is 8.18. The number of unbranched alkanes of at least 4 members (excludes halogenated alkanes) is 2. The second kappa shape index (κ2) is 10.4. The van der Waals surface area contributed by atoms with Crippen molar-refractivity contribution in [3.05, 3.63) is 60.2 Å². The summed E-state index contributed by atoms with van der Waals surface area (Å²) in [6, 6.07) is 18.1. The average Bonchev–Trinajstić information content (AvgIpc) is 2.86. The number of fused-ring (bicyclic) bond motifs is 1. The highest BCUT2D eigenvalue weighted by Gasteiger charge is 2.21. The molecule has 32 heavy (non-hydrogen) atoms. The van der Waals surface area contributed by atoms with Gasteiger partial charge < -0.3 is 19.9 Å². The summed E-state index contributed by atoms with van der Waals surface area (Å²) in [7, 11) is 1.68. The number of anilines is 2. The predicted octanol–water partition coefficient (Wildman–Crippen LogP) is 4.49. The Kier molecular flexibility index (Phi) is 7.10. The lowest BCUT2D eigenvalue weighted by atomic mass is 10.1. The van der Waals surface area contributed by atoms with E-state index in [1.807, 2.05) is 42.5 Å². The van der Waals surface area contributed by atoms with E-state index < -0.39 is 0 Å². The van der Waals surface area contributed by atoms with Crippen LogP contribution in [0.1, 0.15) is 36.5 Å². The minimum atomic E-state index is -0.0159. The van der Waals surface area contributed by atoms with Crippen LogP contribution in [-0.4, -0.2) is 50.7 Å². The van der Waals surface area contributed by atoms with Crippen LogP contribution in [0.3, 0.4) is 0 Å². The first-order chi connectivity index (χ1) is 15.7. The number of nitrogens with zero attached hydrogens (tertiary/aromatic N) is 3. The molecule has 0 saturated carbocycles. The number of para-hydroxylation sites is 1. The molecule has 6 heteroatoms. The molecule has 6 nitrogen and oxygen atoms in total. The van der Waals surface area contributed by atoms with Crippen LogP contribution >= 0.6 is 0 Å². The van der Waals surface area contributed by atoms with Gasteiger partial charge in [0.25, 0.3) is 5.91 Å². The van der Waals surface area contributed by atoms with E-state index in [0.717, 1.165) is 67.9 Å². The molecule has 0 spiro atoms. The van der Waals surface area contributed by atoms with Gasteiger partial charge in [-0.3, -0.25) is 4.79 Å². The number of pyridine rings is 1. The summed E-state index contributed by atoms with van der Waals surface area (Å²) in [5, 5.41) is 3.99. The van der Waals surface area contributed by atoms with Gasteiger partial charge in [-0.05, 0) is 42.8 Å². The maximum atomic E-state index is 13.0. The molecule has 1 aliphatic rings. The van der Waals surface area contributed by atoms with Crippen molar-refractivity contribution in [3.63, 3.8) is 0 Å². The monoisotopic (exact) mass is 432 g/mol. The smallest absolute Gasteiger partial charge is 0.252 e. The molecule has 4 rings (SSSR count). The van der Waals surface area contributed by atoms with E-state index in [4.69, 9.17) is 9.72 Å². The number of nitrogens with one attached hydrogen (secondary N) is 1. The number of carbonyl (C=O) groups is 1. The summed E-state index contributed by atoms with van der Waals surface area (Å²) in [6.45, 7) is 6.39. The number of carbonyl (C=O) groups excluding carboxylic acids is 1. The van der Waals surface area contributed by atoms with Crippen LogP contribution in [0.2, 0.25) is 0 Å². The fraction of sp³-hybridized carbons (Fsp3) is 0.385. The number of hydrogen-bond acceptors (Lipinski definition) is 5. The first-order valence-corrected chi connectivity index (χ1v) is 11.5. The van der Waals surface area contributed by atoms with Crippen molar-refractivity contribution in [2.45, 2.75) is 26.2 Å². The number of amides is 1. The van der Waals surface area contributed by atoms with Gasteiger partial charge in [0.05, 0.1) is 18.2 Å². The molecule has 1 saturated heterocycles. The zero-order valence-corrected chi connectivity index (χ0v) is 19.0. The van der Waals surface area contributed by atoms with Gasteiger partial charge in [0.1, 0.15) is 11.6 Å². The molecule has 2 aromatic carbocycles. The maximum Gasteiger partial charge on any atom is 0.252 e. The average molecular weight is 433 g/mol. The Hall–Kier alpha value is -3.28. The zero-order valence-electron chi connectivity index (χ0n) is 19.0. The molecule has 1 aliphatic heterocycles. The van der Waals surface area contributed by atoms with E-state index in [1.165, 1.54) is 5.69 Å². The van der Waals surface area contributed by atoms with Crippen molar-refractivity contribution in [2.75, 3.05) is 49.6 Å². The van der Waals surface area contributed by atoms with Gasteiger partial charge >= 0.3 is 0 Å². The predicted molar refractivity (Wildman–Crippen MR) is 131 cm³/mol. The molecule has 1 aromatic heterocycles. The number of benzene rings is 2. The second-order valence-corrected chi connectivity index (χ2v) is 8.18. The van der Waals surface area contributed by atoms with Crippen molar-refractivity contribution in [1.29, 1.82) is 0 Å². The minimum absolute atomic E-state index is 0.0159. The molecule has 3 aromatic rings. The van der Waals surface area contributed by atoms with E-state index in [-0.39, 0.29) is 5.91 Å². The van der Waals surface area contributed by atoms with Crippen LogP contribution in [-0.2, 0) is 0 Å². The van der Waals surface area contributed by atoms with Gasteiger partial charge in [0, 0.05) is 43.8 Å². The van der Waals surface area contributed by atoms with Crippen LogP contribution in [0.5, 0.6) is 5.75 Å². The maximum absolute atomic E-state index is 13.0. The third-order valence-corrected chi connectivity index (χ3v) is 6.05. The van der Waals surface area contributed by atoms with Crippen LogP contribution in [0.4, 0.5) is 11.5 Å². The number of piperazine rings is 1. The fourth-order valence-corrected chi connectivity index (χ4v) is 4.17. The molecule has 1 N–H and O–H groups in total. The van der Waals surface area contributed by atoms with Gasteiger partial charge in [0.2, 0.25) is 0 Å². The summed E-state index contributed by atoms with van der Waals surface area (Å²) < 4.78 is 5.27. The van der Waals surface area contributed by atoms with Crippen molar-refractivity contribution < 1.29 is 9.53 Å². The molecule has 0 aliphatic carbocycles. The molecule has 0 atom stereocenters. The summed E-state index contributed by atoms with van der Waals surface area (Å²) in [5.74, 6) is 1.72. The summed E-state index contributed by atoms with van der Waals surface area (Å²) in [4.78, 5) is 22.5. The van der Waals surface area contributed by atoms with E-state index in [0.29, 0.717) is 12.1 Å². The Morgan fingerprint density at radius 2 is 1.72 bits per heavy atom. The molecule has 1 amide bonds. The largest absolute Gasteiger partial charge is 0.497 e. The Labute approximate surface area is 190 Å². The molecule has 1 fully saturated rings.